The molecule has 4 rings (SSSR count). The summed E-state index contributed by atoms with van der Waals surface area (Å²) in [4.78, 5) is 0. The molecule has 1 heterocycles. The van der Waals surface area contributed by atoms with Gasteiger partial charge in [0.2, 0.25) is 5.69 Å². The van der Waals surface area contributed by atoms with Crippen molar-refractivity contribution in [3.05, 3.63) is 72.8 Å². The lowest BCUT2D eigenvalue weighted by Crippen LogP contribution is -2.15. The Bertz CT molecular complexity index is 890. The zero-order chi connectivity index (χ0) is 16.4. The Balaban J connectivity index is 1.86. The van der Waals surface area contributed by atoms with E-state index in [2.05, 4.69) is 12.1 Å². The first kappa shape index (κ1) is 14.5. The third-order valence-electron chi connectivity index (χ3n) is 3.98. The Hall–Kier alpha value is -3.14. The second-order valence-electron chi connectivity index (χ2n) is 5.50. The summed E-state index contributed by atoms with van der Waals surface area (Å²) >= 11 is 0. The molecule has 0 N–H and O–H groups in total. The highest BCUT2D eigenvalue weighted by molar-refractivity contribution is 5.79. The van der Waals surface area contributed by atoms with Crippen molar-refractivity contribution in [2.24, 2.45) is 5.11 Å². The molecule has 4 nitrogen and oxygen atoms in total. The highest BCUT2D eigenvalue weighted by Crippen LogP contribution is 2.44. The number of methoxy groups -OCH3 is 1. The zero-order valence-corrected chi connectivity index (χ0v) is 13.3. The molecular formula is C20H17N2O2+. The van der Waals surface area contributed by atoms with Gasteiger partial charge in [-0.2, -0.15) is 0 Å². The molecule has 1 aliphatic rings. The maximum atomic E-state index is 6.05. The molecule has 0 unspecified atom stereocenters. The van der Waals surface area contributed by atoms with Crippen LogP contribution in [0.3, 0.4) is 0 Å². The van der Waals surface area contributed by atoms with Crippen LogP contribution in [0.2, 0.25) is 0 Å². The van der Waals surface area contributed by atoms with E-state index in [1.807, 2.05) is 65.4 Å². The molecule has 118 valence electrons. The number of fused-ring (bicyclic) bond motifs is 1. The third-order valence-corrected chi connectivity index (χ3v) is 3.98. The van der Waals surface area contributed by atoms with Crippen LogP contribution in [0.4, 0.5) is 11.4 Å². The number of azo groups is 2. The minimum atomic E-state index is 0.378. The first-order valence-electron chi connectivity index (χ1n) is 7.79. The van der Waals surface area contributed by atoms with Crippen LogP contribution in [0.25, 0.3) is 11.1 Å². The van der Waals surface area contributed by atoms with E-state index in [1.54, 1.807) is 7.11 Å². The van der Waals surface area contributed by atoms with Gasteiger partial charge < -0.3 is 9.47 Å². The largest absolute Gasteiger partial charge is 0.497 e. The molecule has 3 aromatic rings. The lowest BCUT2D eigenvalue weighted by molar-refractivity contribution is -0.544. The fraction of sp³-hybridized carbons (Fsp3) is 0.100. The van der Waals surface area contributed by atoms with E-state index in [-0.39, 0.29) is 0 Å². The number of benzene rings is 3. The van der Waals surface area contributed by atoms with Crippen LogP contribution in [0.15, 0.2) is 77.9 Å². The predicted molar refractivity (Wildman–Crippen MR) is 92.4 cm³/mol. The van der Waals surface area contributed by atoms with E-state index in [0.29, 0.717) is 6.73 Å². The highest BCUT2D eigenvalue weighted by Gasteiger charge is 2.25. The lowest BCUT2D eigenvalue weighted by atomic mass is 10.0. The van der Waals surface area contributed by atoms with E-state index in [9.17, 15) is 0 Å². The minimum absolute atomic E-state index is 0.378. The van der Waals surface area contributed by atoms with Gasteiger partial charge in [-0.3, -0.25) is 0 Å². The van der Waals surface area contributed by atoms with Gasteiger partial charge in [0.25, 0.3) is 0 Å². The number of nitrogens with zero attached hydrogens (tertiary/aromatic N) is 2. The molecule has 0 bridgehead atoms. The van der Waals surface area contributed by atoms with E-state index >= 15 is 0 Å². The van der Waals surface area contributed by atoms with Crippen LogP contribution < -0.4 is 9.47 Å². The smallest absolute Gasteiger partial charge is 0.317 e. The molecule has 0 aliphatic carbocycles. The maximum absolute atomic E-state index is 6.05. The molecule has 0 aromatic heterocycles. The van der Waals surface area contributed by atoms with Crippen LogP contribution in [-0.4, -0.2) is 18.5 Å². The standard InChI is InChI=1S/C20H17N2O2/c1-23-17-12-18(15-8-4-2-5-9-15)20-19(13-17)21-22(14-24-20)16-10-6-3-7-11-16/h2-13H,14H2,1H3/q+1. The average Bonchev–Trinajstić information content (AvgIpc) is 2.68. The Morgan fingerprint density at radius 1 is 0.958 bits per heavy atom. The molecule has 24 heavy (non-hydrogen) atoms. The second kappa shape index (κ2) is 6.16. The van der Waals surface area contributed by atoms with Gasteiger partial charge in [-0.05, 0) is 16.3 Å². The molecule has 0 spiro atoms. The first-order chi connectivity index (χ1) is 11.8. The van der Waals surface area contributed by atoms with Gasteiger partial charge in [0.1, 0.15) is 5.75 Å². The van der Waals surface area contributed by atoms with Crippen LogP contribution in [0, 0.1) is 0 Å². The normalized spacial score (nSPS) is 12.8. The Kier molecular flexibility index (Phi) is 3.71. The molecule has 0 saturated heterocycles. The van der Waals surface area contributed by atoms with E-state index in [4.69, 9.17) is 14.6 Å². The van der Waals surface area contributed by atoms with E-state index < -0.39 is 0 Å². The lowest BCUT2D eigenvalue weighted by Gasteiger charge is -2.16. The van der Waals surface area contributed by atoms with Crippen molar-refractivity contribution in [3.63, 3.8) is 0 Å². The number of hydrogen-bond donors (Lipinski definition) is 0. The molecule has 0 amide bonds. The quantitative estimate of drug-likeness (QED) is 0.627. The average molecular weight is 317 g/mol. The van der Waals surface area contributed by atoms with Gasteiger partial charge in [-0.1, -0.05) is 48.5 Å². The van der Waals surface area contributed by atoms with Crippen molar-refractivity contribution in [1.82, 2.24) is 0 Å². The molecule has 0 radical (unpaired) electrons. The summed E-state index contributed by atoms with van der Waals surface area (Å²) in [5.41, 5.74) is 3.83. The monoisotopic (exact) mass is 317 g/mol. The number of rotatable bonds is 3. The molecule has 0 fully saturated rings. The predicted octanol–water partition coefficient (Wildman–Crippen LogP) is 5.14. The van der Waals surface area contributed by atoms with Crippen molar-refractivity contribution in [2.45, 2.75) is 0 Å². The Morgan fingerprint density at radius 2 is 1.67 bits per heavy atom. The van der Waals surface area contributed by atoms with Gasteiger partial charge in [0.15, 0.2) is 11.4 Å². The van der Waals surface area contributed by atoms with Crippen molar-refractivity contribution in [1.29, 1.82) is 0 Å². The van der Waals surface area contributed by atoms with Gasteiger partial charge in [-0.25, -0.2) is 0 Å². The molecule has 3 aromatic carbocycles. The summed E-state index contributed by atoms with van der Waals surface area (Å²) in [7, 11) is 1.66. The summed E-state index contributed by atoms with van der Waals surface area (Å²) in [5, 5.41) is 4.74. The van der Waals surface area contributed by atoms with Crippen molar-refractivity contribution in [2.75, 3.05) is 13.8 Å². The van der Waals surface area contributed by atoms with Crippen LogP contribution >= 0.6 is 0 Å². The van der Waals surface area contributed by atoms with Gasteiger partial charge in [-0.15, -0.1) is 0 Å². The van der Waals surface area contributed by atoms with Crippen molar-refractivity contribution in [3.8, 4) is 22.6 Å². The molecule has 0 atom stereocenters. The van der Waals surface area contributed by atoms with Gasteiger partial charge in [0.05, 0.1) is 7.11 Å². The SMILES string of the molecule is COc1cc2c(c(-c3ccccc3)c1)OC[N+](c1ccccc1)=N2. The minimum Gasteiger partial charge on any atom is -0.497 e. The topological polar surface area (TPSA) is 33.8 Å². The summed E-state index contributed by atoms with van der Waals surface area (Å²) in [6.07, 6.45) is 0. The summed E-state index contributed by atoms with van der Waals surface area (Å²) in [6, 6.07) is 24.0. The number of para-hydroxylation sites is 1. The van der Waals surface area contributed by atoms with Crippen molar-refractivity contribution >= 4 is 11.4 Å². The molecule has 1 aliphatic heterocycles. The number of hydrogen-bond acceptors (Lipinski definition) is 3. The van der Waals surface area contributed by atoms with Crippen LogP contribution in [0.5, 0.6) is 11.5 Å². The molecule has 4 heteroatoms. The van der Waals surface area contributed by atoms with Crippen LogP contribution in [-0.2, 0) is 0 Å². The fourth-order valence-corrected chi connectivity index (χ4v) is 2.78. The summed E-state index contributed by atoms with van der Waals surface area (Å²) in [5.74, 6) is 1.55. The Labute approximate surface area is 140 Å². The first-order valence-corrected chi connectivity index (χ1v) is 7.79. The highest BCUT2D eigenvalue weighted by atomic mass is 16.5. The van der Waals surface area contributed by atoms with E-state index in [1.165, 1.54) is 0 Å². The Morgan fingerprint density at radius 3 is 2.38 bits per heavy atom. The summed E-state index contributed by atoms with van der Waals surface area (Å²) in [6.45, 7) is 0.378. The van der Waals surface area contributed by atoms with Gasteiger partial charge in [0, 0.05) is 28.9 Å². The third kappa shape index (κ3) is 2.63. The van der Waals surface area contributed by atoms with Gasteiger partial charge >= 0.3 is 6.73 Å². The van der Waals surface area contributed by atoms with Crippen molar-refractivity contribution < 1.29 is 14.2 Å². The molecule has 0 saturated carbocycles. The second-order valence-corrected chi connectivity index (χ2v) is 5.50. The number of ether oxygens (including phenoxy) is 2. The van der Waals surface area contributed by atoms with Crippen LogP contribution in [0.1, 0.15) is 0 Å². The summed E-state index contributed by atoms with van der Waals surface area (Å²) < 4.78 is 13.3. The maximum Gasteiger partial charge on any atom is 0.317 e. The molecular weight excluding hydrogens is 300 g/mol. The fourth-order valence-electron chi connectivity index (χ4n) is 2.78. The zero-order valence-electron chi connectivity index (χ0n) is 13.3. The van der Waals surface area contributed by atoms with E-state index in [0.717, 1.165) is 34.0 Å².